The molecule has 0 saturated carbocycles. The van der Waals surface area contributed by atoms with Crippen LogP contribution in [0, 0.1) is 23.7 Å². The van der Waals surface area contributed by atoms with E-state index in [1.165, 1.54) is 135 Å². The molecule has 0 spiro atoms. The molecule has 4 unspecified atom stereocenters. The third-order valence-corrected chi connectivity index (χ3v) is 18.4. The number of rotatable bonds is 66. The standard InChI is InChI=1S/C69H134O17P2/c1-9-61(7)47-39-31-23-17-15-13-11-12-14-16-18-24-33-41-49-66(71)79-55-64(85-68(73)51-43-35-25-19-21-29-37-45-59(3)4)57-83-87(75,76)81-53-63(70)54-82-88(77,78)84-58-65(86-69(74)52-44-36-26-20-22-30-38-46-60(5)6)56-80-67(72)50-42-34-28-27-32-40-48-62(8)10-2/h59-65,70H,9-58H2,1-8H3,(H,75,76)(H,77,78)/t61?,62?,63-,64-,65-/m1/s1. The van der Waals surface area contributed by atoms with Crippen LogP contribution in [0.3, 0.4) is 0 Å². The Hall–Kier alpha value is -1.94. The lowest BCUT2D eigenvalue weighted by Gasteiger charge is -2.21. The molecule has 19 heteroatoms. The summed E-state index contributed by atoms with van der Waals surface area (Å²) in [5.41, 5.74) is 0. The molecular weight excluding hydrogens is 1160 g/mol. The van der Waals surface area contributed by atoms with Crippen LogP contribution in [0.4, 0.5) is 0 Å². The molecule has 0 aliphatic heterocycles. The quantitative estimate of drug-likeness (QED) is 0.0222. The number of phosphoric ester groups is 2. The molecule has 0 amide bonds. The third kappa shape index (κ3) is 60.3. The van der Waals surface area contributed by atoms with Crippen molar-refractivity contribution in [1.82, 2.24) is 0 Å². The topological polar surface area (TPSA) is 237 Å². The summed E-state index contributed by atoms with van der Waals surface area (Å²) in [6, 6.07) is 0. The van der Waals surface area contributed by atoms with Crippen molar-refractivity contribution < 1.29 is 80.2 Å². The van der Waals surface area contributed by atoms with Gasteiger partial charge in [-0.2, -0.15) is 0 Å². The van der Waals surface area contributed by atoms with Gasteiger partial charge < -0.3 is 33.8 Å². The van der Waals surface area contributed by atoms with E-state index in [1.807, 2.05) is 0 Å². The summed E-state index contributed by atoms with van der Waals surface area (Å²) < 4.78 is 68.1. The van der Waals surface area contributed by atoms with E-state index in [0.717, 1.165) is 108 Å². The Morgan fingerprint density at radius 3 is 0.807 bits per heavy atom. The number of phosphoric acid groups is 2. The summed E-state index contributed by atoms with van der Waals surface area (Å²) in [6.07, 6.45) is 40.5. The second kappa shape index (κ2) is 58.8. The molecule has 0 aromatic rings. The Morgan fingerprint density at radius 2 is 0.545 bits per heavy atom. The highest BCUT2D eigenvalue weighted by atomic mass is 31.2. The minimum absolute atomic E-state index is 0.102. The van der Waals surface area contributed by atoms with Gasteiger partial charge in [0.05, 0.1) is 26.4 Å². The lowest BCUT2D eigenvalue weighted by molar-refractivity contribution is -0.161. The van der Waals surface area contributed by atoms with Gasteiger partial charge in [-0.15, -0.1) is 0 Å². The average molecular weight is 1300 g/mol. The maximum Gasteiger partial charge on any atom is 0.472 e. The monoisotopic (exact) mass is 1300 g/mol. The number of aliphatic hydroxyl groups excluding tert-OH is 1. The maximum absolute atomic E-state index is 13.0. The first-order chi connectivity index (χ1) is 42.2. The van der Waals surface area contributed by atoms with Crippen LogP contribution in [0.2, 0.25) is 0 Å². The molecule has 17 nitrogen and oxygen atoms in total. The summed E-state index contributed by atoms with van der Waals surface area (Å²) in [4.78, 5) is 72.4. The summed E-state index contributed by atoms with van der Waals surface area (Å²) >= 11 is 0. The van der Waals surface area contributed by atoms with Crippen LogP contribution in [-0.4, -0.2) is 96.7 Å². The summed E-state index contributed by atoms with van der Waals surface area (Å²) in [7, 11) is -9.90. The van der Waals surface area contributed by atoms with Gasteiger partial charge in [0.1, 0.15) is 19.3 Å². The van der Waals surface area contributed by atoms with Crippen LogP contribution in [0.25, 0.3) is 0 Å². The molecule has 3 N–H and O–H groups in total. The van der Waals surface area contributed by atoms with E-state index < -0.39 is 97.5 Å². The van der Waals surface area contributed by atoms with Gasteiger partial charge in [0.25, 0.3) is 0 Å². The van der Waals surface area contributed by atoms with Gasteiger partial charge in [0, 0.05) is 25.7 Å². The summed E-state index contributed by atoms with van der Waals surface area (Å²) in [5, 5.41) is 10.6. The number of unbranched alkanes of at least 4 members (excludes halogenated alkanes) is 30. The van der Waals surface area contributed by atoms with Crippen LogP contribution in [0.1, 0.15) is 338 Å². The predicted octanol–water partition coefficient (Wildman–Crippen LogP) is 19.3. The molecule has 0 fully saturated rings. The summed E-state index contributed by atoms with van der Waals surface area (Å²) in [6.45, 7) is 14.0. The van der Waals surface area contributed by atoms with Gasteiger partial charge in [0.15, 0.2) is 12.2 Å². The first kappa shape index (κ1) is 86.1. The number of hydrogen-bond donors (Lipinski definition) is 3. The van der Waals surface area contributed by atoms with E-state index >= 15 is 0 Å². The zero-order valence-electron chi connectivity index (χ0n) is 57.3. The van der Waals surface area contributed by atoms with Gasteiger partial charge in [-0.3, -0.25) is 37.3 Å². The number of aliphatic hydroxyl groups is 1. The fourth-order valence-corrected chi connectivity index (χ4v) is 11.8. The Bertz CT molecular complexity index is 1750. The Balaban J connectivity index is 5.19. The fraction of sp³-hybridized carbons (Fsp3) is 0.942. The molecule has 0 aliphatic carbocycles. The first-order valence-electron chi connectivity index (χ1n) is 35.8. The number of ether oxygens (including phenoxy) is 4. The van der Waals surface area contributed by atoms with Crippen LogP contribution < -0.4 is 0 Å². The number of esters is 4. The van der Waals surface area contributed by atoms with Gasteiger partial charge >= 0.3 is 39.5 Å². The second-order valence-electron chi connectivity index (χ2n) is 26.4. The smallest absolute Gasteiger partial charge is 0.462 e. The van der Waals surface area contributed by atoms with E-state index in [0.29, 0.717) is 37.5 Å². The van der Waals surface area contributed by atoms with Crippen LogP contribution in [0.15, 0.2) is 0 Å². The van der Waals surface area contributed by atoms with E-state index in [9.17, 15) is 43.2 Å². The molecule has 7 atom stereocenters. The molecule has 0 aromatic heterocycles. The van der Waals surface area contributed by atoms with E-state index in [1.54, 1.807) is 0 Å². The van der Waals surface area contributed by atoms with Crippen LogP contribution in [-0.2, 0) is 65.4 Å². The van der Waals surface area contributed by atoms with Crippen molar-refractivity contribution >= 4 is 39.5 Å². The van der Waals surface area contributed by atoms with Crippen molar-refractivity contribution in [1.29, 1.82) is 0 Å². The zero-order chi connectivity index (χ0) is 65.4. The van der Waals surface area contributed by atoms with Crippen molar-refractivity contribution in [3.05, 3.63) is 0 Å². The van der Waals surface area contributed by atoms with Crippen molar-refractivity contribution in [3.8, 4) is 0 Å². The zero-order valence-corrected chi connectivity index (χ0v) is 59.1. The number of hydrogen-bond acceptors (Lipinski definition) is 15. The Kier molecular flexibility index (Phi) is 57.6. The Labute approximate surface area is 537 Å². The van der Waals surface area contributed by atoms with Crippen molar-refractivity contribution in [2.45, 2.75) is 356 Å². The van der Waals surface area contributed by atoms with Crippen molar-refractivity contribution in [3.63, 3.8) is 0 Å². The lowest BCUT2D eigenvalue weighted by atomic mass is 9.99. The van der Waals surface area contributed by atoms with Crippen LogP contribution >= 0.6 is 15.6 Å². The average Bonchev–Trinajstić information content (AvgIpc) is 3.57. The first-order valence-corrected chi connectivity index (χ1v) is 38.8. The fourth-order valence-electron chi connectivity index (χ4n) is 10.2. The Morgan fingerprint density at radius 1 is 0.318 bits per heavy atom. The van der Waals surface area contributed by atoms with Crippen molar-refractivity contribution in [2.75, 3.05) is 39.6 Å². The largest absolute Gasteiger partial charge is 0.472 e. The summed E-state index contributed by atoms with van der Waals surface area (Å²) in [5.74, 6) is 0.836. The maximum atomic E-state index is 13.0. The highest BCUT2D eigenvalue weighted by Crippen LogP contribution is 2.45. The molecule has 88 heavy (non-hydrogen) atoms. The molecule has 0 heterocycles. The van der Waals surface area contributed by atoms with Crippen molar-refractivity contribution in [2.24, 2.45) is 23.7 Å². The minimum Gasteiger partial charge on any atom is -0.462 e. The van der Waals surface area contributed by atoms with E-state index in [-0.39, 0.29) is 25.7 Å². The van der Waals surface area contributed by atoms with E-state index in [2.05, 4.69) is 55.4 Å². The predicted molar refractivity (Wildman–Crippen MR) is 354 cm³/mol. The normalized spacial score (nSPS) is 14.9. The van der Waals surface area contributed by atoms with E-state index in [4.69, 9.17) is 37.0 Å². The SMILES string of the molecule is CCC(C)CCCCCCCCCCCCCCCCC(=O)OC[C@H](COP(=O)(O)OC[C@@H](O)COP(=O)(O)OC[C@@H](COC(=O)CCCCCCCCC(C)CC)OC(=O)CCCCCCCCCC(C)C)OC(=O)CCCCCCCCCC(C)C. The van der Waals surface area contributed by atoms with Crippen LogP contribution in [0.5, 0.6) is 0 Å². The highest BCUT2D eigenvalue weighted by molar-refractivity contribution is 7.47. The molecule has 0 rings (SSSR count). The molecule has 0 aliphatic rings. The molecule has 522 valence electrons. The number of carbonyl (C=O) groups is 4. The van der Waals surface area contributed by atoms with Gasteiger partial charge in [-0.1, -0.05) is 287 Å². The molecule has 0 aromatic carbocycles. The third-order valence-electron chi connectivity index (χ3n) is 16.5. The lowest BCUT2D eigenvalue weighted by Crippen LogP contribution is -2.30. The highest BCUT2D eigenvalue weighted by Gasteiger charge is 2.30. The number of carbonyl (C=O) groups excluding carboxylic acids is 4. The molecule has 0 saturated heterocycles. The van der Waals surface area contributed by atoms with Gasteiger partial charge in [-0.05, 0) is 49.4 Å². The van der Waals surface area contributed by atoms with Gasteiger partial charge in [-0.25, -0.2) is 9.13 Å². The molecular formula is C69H134O17P2. The van der Waals surface area contributed by atoms with Gasteiger partial charge in [0.2, 0.25) is 0 Å². The molecule has 0 bridgehead atoms. The second-order valence-corrected chi connectivity index (χ2v) is 29.3. The minimum atomic E-state index is -4.95. The molecule has 0 radical (unpaired) electrons.